The van der Waals surface area contributed by atoms with Gasteiger partial charge in [0.05, 0.1) is 0 Å². The second-order valence-corrected chi connectivity index (χ2v) is 4.02. The SMILES string of the molecule is Cn1ncnc1COc1c(F)cc(CCN)cc1F. The Morgan fingerprint density at radius 3 is 2.53 bits per heavy atom. The van der Waals surface area contributed by atoms with Crippen LogP contribution in [0.5, 0.6) is 5.75 Å². The normalized spacial score (nSPS) is 10.7. The highest BCUT2D eigenvalue weighted by Gasteiger charge is 2.13. The Morgan fingerprint density at radius 2 is 2.00 bits per heavy atom. The van der Waals surface area contributed by atoms with E-state index in [0.717, 1.165) is 0 Å². The van der Waals surface area contributed by atoms with E-state index in [2.05, 4.69) is 10.1 Å². The summed E-state index contributed by atoms with van der Waals surface area (Å²) in [5.41, 5.74) is 5.85. The van der Waals surface area contributed by atoms with Crippen molar-refractivity contribution in [2.24, 2.45) is 12.8 Å². The van der Waals surface area contributed by atoms with Gasteiger partial charge in [-0.25, -0.2) is 13.8 Å². The van der Waals surface area contributed by atoms with Crippen LogP contribution in [0.2, 0.25) is 0 Å². The van der Waals surface area contributed by atoms with Crippen molar-refractivity contribution in [2.75, 3.05) is 6.54 Å². The molecule has 0 bridgehead atoms. The summed E-state index contributed by atoms with van der Waals surface area (Å²) in [7, 11) is 1.67. The molecule has 0 spiro atoms. The molecule has 1 heterocycles. The molecule has 0 amide bonds. The first-order valence-electron chi connectivity index (χ1n) is 5.75. The van der Waals surface area contributed by atoms with E-state index in [1.54, 1.807) is 7.05 Å². The van der Waals surface area contributed by atoms with Gasteiger partial charge in [0, 0.05) is 7.05 Å². The molecule has 0 atom stereocenters. The fourth-order valence-corrected chi connectivity index (χ4v) is 1.65. The van der Waals surface area contributed by atoms with Crippen LogP contribution in [0, 0.1) is 11.6 Å². The molecule has 0 aliphatic heterocycles. The van der Waals surface area contributed by atoms with E-state index in [1.165, 1.54) is 23.1 Å². The predicted octanol–water partition coefficient (Wildman–Crippen LogP) is 1.17. The zero-order valence-corrected chi connectivity index (χ0v) is 10.4. The number of nitrogens with zero attached hydrogens (tertiary/aromatic N) is 3. The van der Waals surface area contributed by atoms with Crippen molar-refractivity contribution < 1.29 is 13.5 Å². The third-order valence-electron chi connectivity index (χ3n) is 2.64. The highest BCUT2D eigenvalue weighted by atomic mass is 19.1. The molecule has 1 aromatic carbocycles. The van der Waals surface area contributed by atoms with Gasteiger partial charge in [0.1, 0.15) is 12.9 Å². The standard InChI is InChI=1S/C12H14F2N4O/c1-18-11(16-7-17-18)6-19-12-9(13)4-8(2-3-15)5-10(12)14/h4-5,7H,2-3,6,15H2,1H3. The van der Waals surface area contributed by atoms with E-state index in [4.69, 9.17) is 10.5 Å². The molecule has 19 heavy (non-hydrogen) atoms. The van der Waals surface area contributed by atoms with Crippen molar-refractivity contribution in [3.63, 3.8) is 0 Å². The van der Waals surface area contributed by atoms with Crippen LogP contribution in [-0.2, 0) is 20.1 Å². The highest BCUT2D eigenvalue weighted by molar-refractivity contribution is 5.31. The maximum atomic E-state index is 13.7. The van der Waals surface area contributed by atoms with Gasteiger partial charge in [-0.05, 0) is 30.7 Å². The summed E-state index contributed by atoms with van der Waals surface area (Å²) in [4.78, 5) is 3.90. The third kappa shape index (κ3) is 3.05. The molecule has 0 aliphatic rings. The second kappa shape index (κ2) is 5.75. The molecular formula is C12H14F2N4O. The van der Waals surface area contributed by atoms with Crippen molar-refractivity contribution in [2.45, 2.75) is 13.0 Å². The Morgan fingerprint density at radius 1 is 1.32 bits per heavy atom. The molecule has 1 aromatic heterocycles. The maximum Gasteiger partial charge on any atom is 0.191 e. The molecular weight excluding hydrogens is 254 g/mol. The lowest BCUT2D eigenvalue weighted by atomic mass is 10.1. The number of hydrogen-bond donors (Lipinski definition) is 1. The zero-order chi connectivity index (χ0) is 13.8. The topological polar surface area (TPSA) is 66.0 Å². The average Bonchev–Trinajstić information content (AvgIpc) is 2.74. The first-order chi connectivity index (χ1) is 9.11. The number of rotatable bonds is 5. The number of hydrogen-bond acceptors (Lipinski definition) is 4. The van der Waals surface area contributed by atoms with Gasteiger partial charge in [0.2, 0.25) is 0 Å². The van der Waals surface area contributed by atoms with Crippen LogP contribution in [0.25, 0.3) is 0 Å². The van der Waals surface area contributed by atoms with Gasteiger partial charge in [-0.1, -0.05) is 0 Å². The molecule has 0 saturated heterocycles. The van der Waals surface area contributed by atoms with Gasteiger partial charge in [-0.2, -0.15) is 5.10 Å². The number of aryl methyl sites for hydroxylation is 1. The van der Waals surface area contributed by atoms with Crippen LogP contribution in [0.3, 0.4) is 0 Å². The summed E-state index contributed by atoms with van der Waals surface area (Å²) >= 11 is 0. The molecule has 0 unspecified atom stereocenters. The molecule has 2 rings (SSSR count). The third-order valence-corrected chi connectivity index (χ3v) is 2.64. The van der Waals surface area contributed by atoms with Gasteiger partial charge in [-0.15, -0.1) is 0 Å². The second-order valence-electron chi connectivity index (χ2n) is 4.02. The highest BCUT2D eigenvalue weighted by Crippen LogP contribution is 2.24. The van der Waals surface area contributed by atoms with Crippen LogP contribution in [0.4, 0.5) is 8.78 Å². The molecule has 7 heteroatoms. The van der Waals surface area contributed by atoms with Gasteiger partial charge >= 0.3 is 0 Å². The number of nitrogens with two attached hydrogens (primary N) is 1. The van der Waals surface area contributed by atoms with E-state index in [9.17, 15) is 8.78 Å². The summed E-state index contributed by atoms with van der Waals surface area (Å²) in [6, 6.07) is 2.45. The number of ether oxygens (including phenoxy) is 1. The summed E-state index contributed by atoms with van der Waals surface area (Å²) < 4.78 is 34.0. The van der Waals surface area contributed by atoms with Gasteiger partial charge in [0.15, 0.2) is 23.2 Å². The summed E-state index contributed by atoms with van der Waals surface area (Å²) in [6.07, 6.45) is 1.76. The molecule has 2 aromatic rings. The molecule has 102 valence electrons. The van der Waals surface area contributed by atoms with E-state index < -0.39 is 17.4 Å². The van der Waals surface area contributed by atoms with Crippen LogP contribution in [-0.4, -0.2) is 21.3 Å². The largest absolute Gasteiger partial charge is 0.479 e. The van der Waals surface area contributed by atoms with Crippen LogP contribution < -0.4 is 10.5 Å². The predicted molar refractivity (Wildman–Crippen MR) is 64.5 cm³/mol. The Hall–Kier alpha value is -2.02. The van der Waals surface area contributed by atoms with Crippen molar-refractivity contribution in [1.29, 1.82) is 0 Å². The molecule has 5 nitrogen and oxygen atoms in total. The van der Waals surface area contributed by atoms with E-state index in [1.807, 2.05) is 0 Å². The molecule has 0 radical (unpaired) electrons. The Kier molecular flexibility index (Phi) is 4.06. The lowest BCUT2D eigenvalue weighted by molar-refractivity contribution is 0.261. The maximum absolute atomic E-state index is 13.7. The van der Waals surface area contributed by atoms with Crippen LogP contribution in [0.1, 0.15) is 11.4 Å². The lowest BCUT2D eigenvalue weighted by Crippen LogP contribution is -2.08. The monoisotopic (exact) mass is 268 g/mol. The number of aromatic nitrogens is 3. The minimum absolute atomic E-state index is 0.0550. The molecule has 0 fully saturated rings. The van der Waals surface area contributed by atoms with Crippen LogP contribution >= 0.6 is 0 Å². The summed E-state index contributed by atoms with van der Waals surface area (Å²) in [5.74, 6) is -1.43. The minimum atomic E-state index is -0.745. The first-order valence-corrected chi connectivity index (χ1v) is 5.75. The van der Waals surface area contributed by atoms with E-state index in [0.29, 0.717) is 24.4 Å². The summed E-state index contributed by atoms with van der Waals surface area (Å²) in [5, 5.41) is 3.84. The quantitative estimate of drug-likeness (QED) is 0.884. The van der Waals surface area contributed by atoms with Gasteiger partial charge in [-0.3, -0.25) is 4.68 Å². The van der Waals surface area contributed by atoms with E-state index >= 15 is 0 Å². The van der Waals surface area contributed by atoms with Crippen molar-refractivity contribution in [3.05, 3.63) is 41.5 Å². The zero-order valence-electron chi connectivity index (χ0n) is 10.4. The van der Waals surface area contributed by atoms with Crippen molar-refractivity contribution in [3.8, 4) is 5.75 Å². The Balaban J connectivity index is 2.14. The fraction of sp³-hybridized carbons (Fsp3) is 0.333. The van der Waals surface area contributed by atoms with Gasteiger partial charge < -0.3 is 10.5 Å². The van der Waals surface area contributed by atoms with Crippen molar-refractivity contribution >= 4 is 0 Å². The molecule has 0 saturated carbocycles. The average molecular weight is 268 g/mol. The minimum Gasteiger partial charge on any atom is -0.479 e. The van der Waals surface area contributed by atoms with Crippen LogP contribution in [0.15, 0.2) is 18.5 Å². The Labute approximate surface area is 109 Å². The molecule has 0 aliphatic carbocycles. The molecule has 2 N–H and O–H groups in total. The number of halogens is 2. The first kappa shape index (κ1) is 13.4. The van der Waals surface area contributed by atoms with E-state index in [-0.39, 0.29) is 6.61 Å². The Bertz CT molecular complexity index is 548. The smallest absolute Gasteiger partial charge is 0.191 e. The lowest BCUT2D eigenvalue weighted by Gasteiger charge is -2.09. The number of benzene rings is 1. The van der Waals surface area contributed by atoms with Gasteiger partial charge in [0.25, 0.3) is 0 Å². The summed E-state index contributed by atoms with van der Waals surface area (Å²) in [6.45, 7) is 0.276. The van der Waals surface area contributed by atoms with Crippen molar-refractivity contribution in [1.82, 2.24) is 14.8 Å². The fourth-order valence-electron chi connectivity index (χ4n) is 1.65.